The van der Waals surface area contributed by atoms with Gasteiger partial charge in [-0.3, -0.25) is 9.97 Å². The predicted octanol–water partition coefficient (Wildman–Crippen LogP) is 3.73. The largest absolute Gasteiger partial charge is 0.353 e. The van der Waals surface area contributed by atoms with E-state index in [0.29, 0.717) is 5.69 Å². The normalized spacial score (nSPS) is 11.3. The summed E-state index contributed by atoms with van der Waals surface area (Å²) in [5, 5.41) is 3.20. The molecule has 0 saturated carbocycles. The molecule has 3 nitrogen and oxygen atoms in total. The number of aromatic nitrogens is 2. The molecule has 0 bridgehead atoms. The lowest BCUT2D eigenvalue weighted by molar-refractivity contribution is 0.214. The van der Waals surface area contributed by atoms with Gasteiger partial charge in [0.2, 0.25) is 0 Å². The van der Waals surface area contributed by atoms with E-state index in [4.69, 9.17) is 0 Å². The third-order valence-corrected chi connectivity index (χ3v) is 2.66. The monoisotopic (exact) mass is 245 g/mol. The molecule has 4 heteroatoms. The van der Waals surface area contributed by atoms with Gasteiger partial charge in [-0.05, 0) is 45.0 Å². The summed E-state index contributed by atoms with van der Waals surface area (Å²) in [6.07, 6.45) is 3.37. The van der Waals surface area contributed by atoms with Gasteiger partial charge >= 0.3 is 0 Å². The van der Waals surface area contributed by atoms with Crippen LogP contribution in [0.1, 0.15) is 25.2 Å². The number of hydrogen-bond acceptors (Lipinski definition) is 3. The van der Waals surface area contributed by atoms with Gasteiger partial charge in [-0.25, -0.2) is 4.39 Å². The van der Waals surface area contributed by atoms with Crippen LogP contribution in [-0.2, 0) is 5.67 Å². The molecule has 0 aliphatic rings. The number of alkyl halides is 1. The lowest BCUT2D eigenvalue weighted by Gasteiger charge is -2.14. The van der Waals surface area contributed by atoms with Crippen LogP contribution in [0.3, 0.4) is 0 Å². The van der Waals surface area contributed by atoms with Crippen molar-refractivity contribution in [3.63, 3.8) is 0 Å². The van der Waals surface area contributed by atoms with Crippen LogP contribution in [0.25, 0.3) is 0 Å². The zero-order valence-corrected chi connectivity index (χ0v) is 10.7. The second-order valence-electron chi connectivity index (χ2n) is 4.67. The molecule has 2 aromatic heterocycles. The highest BCUT2D eigenvalue weighted by atomic mass is 19.1. The molecule has 0 saturated heterocycles. The van der Waals surface area contributed by atoms with Crippen molar-refractivity contribution in [3.8, 4) is 0 Å². The molecule has 2 aromatic rings. The maximum atomic E-state index is 13.7. The molecule has 0 fully saturated rings. The number of hydrogen-bond donors (Lipinski definition) is 1. The average molecular weight is 245 g/mol. The minimum Gasteiger partial charge on any atom is -0.353 e. The van der Waals surface area contributed by atoms with E-state index < -0.39 is 5.67 Å². The van der Waals surface area contributed by atoms with Crippen molar-refractivity contribution >= 4 is 11.4 Å². The van der Waals surface area contributed by atoms with Gasteiger partial charge in [0.25, 0.3) is 0 Å². The first kappa shape index (κ1) is 12.5. The molecular weight excluding hydrogens is 229 g/mol. The molecule has 0 atom stereocenters. The minimum atomic E-state index is -1.41. The van der Waals surface area contributed by atoms with Crippen molar-refractivity contribution in [1.82, 2.24) is 9.97 Å². The van der Waals surface area contributed by atoms with Crippen LogP contribution in [0.2, 0.25) is 0 Å². The number of halogens is 1. The molecule has 0 radical (unpaired) electrons. The zero-order valence-electron chi connectivity index (χ0n) is 10.7. The van der Waals surface area contributed by atoms with Crippen LogP contribution in [0, 0.1) is 6.92 Å². The molecule has 2 rings (SSSR count). The summed E-state index contributed by atoms with van der Waals surface area (Å²) in [6.45, 7) is 4.91. The van der Waals surface area contributed by atoms with Crippen LogP contribution >= 0.6 is 0 Å². The van der Waals surface area contributed by atoms with Crippen LogP contribution in [0.15, 0.2) is 36.7 Å². The summed E-state index contributed by atoms with van der Waals surface area (Å²) >= 11 is 0. The maximum absolute atomic E-state index is 13.7. The molecule has 94 valence electrons. The highest BCUT2D eigenvalue weighted by Gasteiger charge is 2.19. The smallest absolute Gasteiger partial charge is 0.147 e. The van der Waals surface area contributed by atoms with Gasteiger partial charge in [-0.1, -0.05) is 0 Å². The molecule has 0 aromatic carbocycles. The fourth-order valence-corrected chi connectivity index (χ4v) is 1.59. The third-order valence-electron chi connectivity index (χ3n) is 2.66. The van der Waals surface area contributed by atoms with Crippen LogP contribution in [0.4, 0.5) is 15.8 Å². The van der Waals surface area contributed by atoms with Crippen molar-refractivity contribution in [2.75, 3.05) is 5.32 Å². The Hall–Kier alpha value is -1.97. The fraction of sp³-hybridized carbons (Fsp3) is 0.286. The first-order valence-electron chi connectivity index (χ1n) is 5.81. The maximum Gasteiger partial charge on any atom is 0.147 e. The van der Waals surface area contributed by atoms with E-state index in [1.54, 1.807) is 18.5 Å². The summed E-state index contributed by atoms with van der Waals surface area (Å²) in [7, 11) is 0. The van der Waals surface area contributed by atoms with E-state index in [1.807, 2.05) is 25.1 Å². The quantitative estimate of drug-likeness (QED) is 0.895. The predicted molar refractivity (Wildman–Crippen MR) is 70.6 cm³/mol. The number of nitrogens with zero attached hydrogens (tertiary/aromatic N) is 2. The highest BCUT2D eigenvalue weighted by molar-refractivity contribution is 5.60. The number of aryl methyl sites for hydroxylation is 1. The van der Waals surface area contributed by atoms with E-state index in [0.717, 1.165) is 17.1 Å². The lowest BCUT2D eigenvalue weighted by Crippen LogP contribution is -2.11. The molecule has 0 amide bonds. The number of nitrogens with one attached hydrogen (secondary N) is 1. The first-order valence-corrected chi connectivity index (χ1v) is 5.81. The zero-order chi connectivity index (χ0) is 13.2. The van der Waals surface area contributed by atoms with Crippen LogP contribution in [0.5, 0.6) is 0 Å². The Morgan fingerprint density at radius 1 is 1.17 bits per heavy atom. The van der Waals surface area contributed by atoms with Crippen molar-refractivity contribution in [2.24, 2.45) is 0 Å². The topological polar surface area (TPSA) is 37.8 Å². The Morgan fingerprint density at radius 2 is 1.94 bits per heavy atom. The fourth-order valence-electron chi connectivity index (χ4n) is 1.59. The Labute approximate surface area is 106 Å². The molecule has 0 spiro atoms. The number of anilines is 2. The summed E-state index contributed by atoms with van der Waals surface area (Å²) in [6, 6.07) is 7.31. The van der Waals surface area contributed by atoms with Gasteiger partial charge in [0, 0.05) is 6.20 Å². The SMILES string of the molecule is Cc1ncccc1Nc1ccc(C(C)(C)F)nc1. The Bertz CT molecular complexity index is 529. The lowest BCUT2D eigenvalue weighted by atomic mass is 10.1. The number of rotatable bonds is 3. The summed E-state index contributed by atoms with van der Waals surface area (Å²) in [5.74, 6) is 0. The van der Waals surface area contributed by atoms with Gasteiger partial charge in [0.05, 0.1) is 29.0 Å². The summed E-state index contributed by atoms with van der Waals surface area (Å²) in [4.78, 5) is 8.31. The van der Waals surface area contributed by atoms with Crippen molar-refractivity contribution in [2.45, 2.75) is 26.4 Å². The Morgan fingerprint density at radius 3 is 2.50 bits per heavy atom. The Balaban J connectivity index is 2.19. The molecule has 1 N–H and O–H groups in total. The molecule has 18 heavy (non-hydrogen) atoms. The molecule has 2 heterocycles. The molecule has 0 unspecified atom stereocenters. The van der Waals surface area contributed by atoms with Crippen LogP contribution < -0.4 is 5.32 Å². The standard InChI is InChI=1S/C14H16FN3/c1-10-12(5-4-8-16-10)18-11-6-7-13(17-9-11)14(2,3)15/h4-9,18H,1-3H3. The van der Waals surface area contributed by atoms with E-state index in [9.17, 15) is 4.39 Å². The summed E-state index contributed by atoms with van der Waals surface area (Å²) < 4.78 is 13.7. The van der Waals surface area contributed by atoms with Crippen LogP contribution in [-0.4, -0.2) is 9.97 Å². The van der Waals surface area contributed by atoms with Crippen molar-refractivity contribution < 1.29 is 4.39 Å². The molecule has 0 aliphatic heterocycles. The average Bonchev–Trinajstić information content (AvgIpc) is 2.32. The van der Waals surface area contributed by atoms with Gasteiger partial charge in [0.1, 0.15) is 5.67 Å². The molecular formula is C14H16FN3. The van der Waals surface area contributed by atoms with Gasteiger partial charge in [-0.2, -0.15) is 0 Å². The van der Waals surface area contributed by atoms with E-state index in [2.05, 4.69) is 15.3 Å². The van der Waals surface area contributed by atoms with Gasteiger partial charge in [-0.15, -0.1) is 0 Å². The highest BCUT2D eigenvalue weighted by Crippen LogP contribution is 2.24. The van der Waals surface area contributed by atoms with Gasteiger partial charge < -0.3 is 5.32 Å². The third kappa shape index (κ3) is 2.83. The second kappa shape index (κ2) is 4.72. The van der Waals surface area contributed by atoms with Crippen molar-refractivity contribution in [1.29, 1.82) is 0 Å². The van der Waals surface area contributed by atoms with Crippen molar-refractivity contribution in [3.05, 3.63) is 48.0 Å². The van der Waals surface area contributed by atoms with E-state index >= 15 is 0 Å². The Kier molecular flexibility index (Phi) is 3.28. The minimum absolute atomic E-state index is 0.427. The summed E-state index contributed by atoms with van der Waals surface area (Å²) in [5.41, 5.74) is 1.66. The molecule has 0 aliphatic carbocycles. The first-order chi connectivity index (χ1) is 8.47. The van der Waals surface area contributed by atoms with E-state index in [1.165, 1.54) is 13.8 Å². The number of pyridine rings is 2. The second-order valence-corrected chi connectivity index (χ2v) is 4.67. The van der Waals surface area contributed by atoms with Gasteiger partial charge in [0.15, 0.2) is 0 Å². The van der Waals surface area contributed by atoms with E-state index in [-0.39, 0.29) is 0 Å².